The number of furan rings is 1. The highest BCUT2D eigenvalue weighted by Gasteiger charge is 2.16. The molecule has 68 valence electrons. The fraction of sp³-hybridized carbons (Fsp3) is 0.600. The molecule has 0 saturated heterocycles. The number of hydrogen-bond donors (Lipinski definition) is 1. The molecule has 0 aliphatic rings. The minimum atomic E-state index is 0.115. The van der Waals surface area contributed by atoms with Crippen LogP contribution in [0.4, 0.5) is 0 Å². The minimum absolute atomic E-state index is 0.115. The monoisotopic (exact) mass is 167 g/mol. The number of rotatable bonds is 3. The van der Waals surface area contributed by atoms with E-state index in [1.54, 1.807) is 0 Å². The van der Waals surface area contributed by atoms with Gasteiger partial charge in [0.05, 0.1) is 0 Å². The summed E-state index contributed by atoms with van der Waals surface area (Å²) in [4.78, 5) is 0. The van der Waals surface area contributed by atoms with Crippen LogP contribution in [0.5, 0.6) is 0 Å². The minimum Gasteiger partial charge on any atom is -0.466 e. The second kappa shape index (κ2) is 3.31. The van der Waals surface area contributed by atoms with Gasteiger partial charge in [0.15, 0.2) is 0 Å². The Kier molecular flexibility index (Phi) is 2.58. The van der Waals surface area contributed by atoms with E-state index in [1.807, 2.05) is 26.1 Å². The molecule has 1 heterocycles. The lowest BCUT2D eigenvalue weighted by molar-refractivity contribution is 0.371. The first-order valence-corrected chi connectivity index (χ1v) is 4.28. The first-order chi connectivity index (χ1) is 5.53. The number of likely N-dealkylation sites (N-methyl/N-ethyl adjacent to an activating group) is 1. The molecule has 0 aliphatic carbocycles. The molecule has 0 fully saturated rings. The molecule has 1 N–H and O–H groups in total. The molecule has 0 aliphatic heterocycles. The number of aryl methyl sites for hydroxylation is 1. The van der Waals surface area contributed by atoms with Crippen LogP contribution in [-0.2, 0) is 6.42 Å². The maximum atomic E-state index is 5.48. The Labute approximate surface area is 74.0 Å². The fourth-order valence-corrected chi connectivity index (χ4v) is 1.10. The van der Waals surface area contributed by atoms with Gasteiger partial charge in [-0.3, -0.25) is 0 Å². The van der Waals surface area contributed by atoms with Crippen LogP contribution in [0.1, 0.15) is 25.4 Å². The Morgan fingerprint density at radius 3 is 2.50 bits per heavy atom. The maximum absolute atomic E-state index is 5.48. The zero-order valence-corrected chi connectivity index (χ0v) is 8.27. The summed E-state index contributed by atoms with van der Waals surface area (Å²) in [5.74, 6) is 2.03. The Balaban J connectivity index is 2.63. The van der Waals surface area contributed by atoms with Crippen molar-refractivity contribution in [2.24, 2.45) is 0 Å². The van der Waals surface area contributed by atoms with Crippen LogP contribution in [0, 0.1) is 6.92 Å². The predicted molar refractivity (Wildman–Crippen MR) is 50.3 cm³/mol. The summed E-state index contributed by atoms with van der Waals surface area (Å²) in [5, 5.41) is 3.24. The molecule has 1 rings (SSSR count). The van der Waals surface area contributed by atoms with Crippen molar-refractivity contribution in [1.82, 2.24) is 5.32 Å². The van der Waals surface area contributed by atoms with E-state index in [2.05, 4.69) is 19.2 Å². The van der Waals surface area contributed by atoms with Gasteiger partial charge in [0, 0.05) is 12.0 Å². The molecule has 2 nitrogen and oxygen atoms in total. The van der Waals surface area contributed by atoms with Gasteiger partial charge >= 0.3 is 0 Å². The Morgan fingerprint density at radius 2 is 2.08 bits per heavy atom. The predicted octanol–water partition coefficient (Wildman–Crippen LogP) is 2.13. The van der Waals surface area contributed by atoms with Gasteiger partial charge in [0.1, 0.15) is 11.5 Å². The van der Waals surface area contributed by atoms with Gasteiger partial charge in [-0.15, -0.1) is 0 Å². The SMILES string of the molecule is CNC(C)(C)Cc1ccc(C)o1. The van der Waals surface area contributed by atoms with Crippen LogP contribution < -0.4 is 5.32 Å². The third-order valence-corrected chi connectivity index (χ3v) is 2.09. The van der Waals surface area contributed by atoms with E-state index in [0.717, 1.165) is 17.9 Å². The largest absolute Gasteiger partial charge is 0.466 e. The molecule has 12 heavy (non-hydrogen) atoms. The van der Waals surface area contributed by atoms with E-state index < -0.39 is 0 Å². The highest BCUT2D eigenvalue weighted by molar-refractivity contribution is 5.08. The molecule has 1 aromatic rings. The van der Waals surface area contributed by atoms with E-state index >= 15 is 0 Å². The second-order valence-electron chi connectivity index (χ2n) is 3.82. The summed E-state index contributed by atoms with van der Waals surface area (Å²) in [7, 11) is 1.97. The average Bonchev–Trinajstić information content (AvgIpc) is 2.35. The molecule has 0 amide bonds. The van der Waals surface area contributed by atoms with Crippen molar-refractivity contribution >= 4 is 0 Å². The average molecular weight is 167 g/mol. The lowest BCUT2D eigenvalue weighted by Crippen LogP contribution is -2.38. The standard InChI is InChI=1S/C10H17NO/c1-8-5-6-9(12-8)7-10(2,3)11-4/h5-6,11H,7H2,1-4H3. The third-order valence-electron chi connectivity index (χ3n) is 2.09. The second-order valence-corrected chi connectivity index (χ2v) is 3.82. The van der Waals surface area contributed by atoms with Crippen LogP contribution in [0.25, 0.3) is 0 Å². The van der Waals surface area contributed by atoms with Crippen molar-refractivity contribution in [1.29, 1.82) is 0 Å². The fourth-order valence-electron chi connectivity index (χ4n) is 1.10. The molecular weight excluding hydrogens is 150 g/mol. The lowest BCUT2D eigenvalue weighted by Gasteiger charge is -2.22. The highest BCUT2D eigenvalue weighted by Crippen LogP contribution is 2.14. The zero-order valence-electron chi connectivity index (χ0n) is 8.27. The molecule has 0 bridgehead atoms. The molecule has 0 spiro atoms. The van der Waals surface area contributed by atoms with Gasteiger partial charge < -0.3 is 9.73 Å². The Hall–Kier alpha value is -0.760. The van der Waals surface area contributed by atoms with Gasteiger partial charge in [-0.25, -0.2) is 0 Å². The first-order valence-electron chi connectivity index (χ1n) is 4.28. The molecule has 1 aromatic heterocycles. The summed E-state index contributed by atoms with van der Waals surface area (Å²) in [6.45, 7) is 6.28. The molecule has 0 radical (unpaired) electrons. The quantitative estimate of drug-likeness (QED) is 0.746. The molecule has 0 saturated carbocycles. The van der Waals surface area contributed by atoms with Crippen LogP contribution in [0.15, 0.2) is 16.5 Å². The van der Waals surface area contributed by atoms with Gasteiger partial charge in [0.25, 0.3) is 0 Å². The normalized spacial score (nSPS) is 12.0. The van der Waals surface area contributed by atoms with Crippen molar-refractivity contribution < 1.29 is 4.42 Å². The van der Waals surface area contributed by atoms with Gasteiger partial charge in [-0.1, -0.05) is 0 Å². The summed E-state index contributed by atoms with van der Waals surface area (Å²) in [6.07, 6.45) is 0.928. The van der Waals surface area contributed by atoms with Crippen LogP contribution in [0.3, 0.4) is 0 Å². The van der Waals surface area contributed by atoms with Crippen molar-refractivity contribution in [2.75, 3.05) is 7.05 Å². The number of nitrogens with one attached hydrogen (secondary N) is 1. The summed E-state index contributed by atoms with van der Waals surface area (Å²) >= 11 is 0. The van der Waals surface area contributed by atoms with Crippen molar-refractivity contribution in [3.8, 4) is 0 Å². The maximum Gasteiger partial charge on any atom is 0.105 e. The molecular formula is C10H17NO. The Bertz CT molecular complexity index is 250. The zero-order chi connectivity index (χ0) is 9.19. The van der Waals surface area contributed by atoms with E-state index in [1.165, 1.54) is 0 Å². The van der Waals surface area contributed by atoms with Gasteiger partial charge in [-0.2, -0.15) is 0 Å². The van der Waals surface area contributed by atoms with E-state index in [0.29, 0.717) is 0 Å². The van der Waals surface area contributed by atoms with Crippen LogP contribution >= 0.6 is 0 Å². The van der Waals surface area contributed by atoms with E-state index in [4.69, 9.17) is 4.42 Å². The van der Waals surface area contributed by atoms with E-state index in [9.17, 15) is 0 Å². The van der Waals surface area contributed by atoms with Crippen molar-refractivity contribution in [3.63, 3.8) is 0 Å². The highest BCUT2D eigenvalue weighted by atomic mass is 16.3. The summed E-state index contributed by atoms with van der Waals surface area (Å²) < 4.78 is 5.48. The summed E-state index contributed by atoms with van der Waals surface area (Å²) in [6, 6.07) is 4.04. The van der Waals surface area contributed by atoms with Gasteiger partial charge in [0.2, 0.25) is 0 Å². The molecule has 0 aromatic carbocycles. The van der Waals surface area contributed by atoms with Crippen molar-refractivity contribution in [3.05, 3.63) is 23.7 Å². The molecule has 0 atom stereocenters. The van der Waals surface area contributed by atoms with Gasteiger partial charge in [-0.05, 0) is 40.0 Å². The third kappa shape index (κ3) is 2.38. The smallest absolute Gasteiger partial charge is 0.105 e. The number of hydrogen-bond acceptors (Lipinski definition) is 2. The van der Waals surface area contributed by atoms with Crippen molar-refractivity contribution in [2.45, 2.75) is 32.7 Å². The van der Waals surface area contributed by atoms with Crippen LogP contribution in [0.2, 0.25) is 0 Å². The molecule has 0 unspecified atom stereocenters. The summed E-state index contributed by atoms with van der Waals surface area (Å²) in [5.41, 5.74) is 0.115. The van der Waals surface area contributed by atoms with E-state index in [-0.39, 0.29) is 5.54 Å². The lowest BCUT2D eigenvalue weighted by atomic mass is 10.00. The topological polar surface area (TPSA) is 25.2 Å². The first kappa shape index (κ1) is 9.33. The Morgan fingerprint density at radius 1 is 1.42 bits per heavy atom. The van der Waals surface area contributed by atoms with Crippen LogP contribution in [-0.4, -0.2) is 12.6 Å². The molecule has 2 heteroatoms.